The second-order valence-corrected chi connectivity index (χ2v) is 9.43. The normalized spacial score (nSPS) is 21.7. The third kappa shape index (κ3) is 3.96. The maximum atomic E-state index is 12.1. The van der Waals surface area contributed by atoms with Gasteiger partial charge in [0.25, 0.3) is 0 Å². The lowest BCUT2D eigenvalue weighted by molar-refractivity contribution is -0.0871. The maximum absolute atomic E-state index is 12.1. The van der Waals surface area contributed by atoms with E-state index in [4.69, 9.17) is 33.2 Å². The number of benzene rings is 3. The summed E-state index contributed by atoms with van der Waals surface area (Å²) in [5, 5.41) is 12.1. The van der Waals surface area contributed by atoms with Crippen LogP contribution in [0.3, 0.4) is 0 Å². The topological polar surface area (TPSA) is 84.8 Å². The summed E-state index contributed by atoms with van der Waals surface area (Å²) < 4.78 is 41.5. The highest BCUT2D eigenvalue weighted by Gasteiger charge is 2.46. The molecular formula is C29H32O8. The van der Waals surface area contributed by atoms with E-state index in [2.05, 4.69) is 0 Å². The van der Waals surface area contributed by atoms with Crippen LogP contribution in [0.2, 0.25) is 0 Å². The Hall–Kier alpha value is -3.78. The van der Waals surface area contributed by atoms with Gasteiger partial charge in [-0.1, -0.05) is 25.1 Å². The number of aliphatic hydroxyl groups is 1. The van der Waals surface area contributed by atoms with Gasteiger partial charge in [0.2, 0.25) is 18.3 Å². The van der Waals surface area contributed by atoms with Gasteiger partial charge in [-0.2, -0.15) is 0 Å². The van der Waals surface area contributed by atoms with Crippen LogP contribution in [0.25, 0.3) is 11.1 Å². The summed E-state index contributed by atoms with van der Waals surface area (Å²) in [6.45, 7) is 3.86. The summed E-state index contributed by atoms with van der Waals surface area (Å²) in [4.78, 5) is 0. The molecule has 0 bridgehead atoms. The Balaban J connectivity index is 1.90. The van der Waals surface area contributed by atoms with Crippen LogP contribution in [-0.4, -0.2) is 45.9 Å². The molecule has 0 saturated heterocycles. The lowest BCUT2D eigenvalue weighted by Gasteiger charge is -2.41. The Bertz CT molecular complexity index is 1300. The van der Waals surface area contributed by atoms with Crippen molar-refractivity contribution >= 4 is 0 Å². The second-order valence-electron chi connectivity index (χ2n) is 9.43. The summed E-state index contributed by atoms with van der Waals surface area (Å²) >= 11 is 0. The molecule has 5 rings (SSSR count). The number of hydrogen-bond donors (Lipinski definition) is 1. The minimum atomic E-state index is -1.29. The summed E-state index contributed by atoms with van der Waals surface area (Å²) in [7, 11) is 6.33. The van der Waals surface area contributed by atoms with Crippen LogP contribution >= 0.6 is 0 Å². The first-order valence-corrected chi connectivity index (χ1v) is 12.1. The predicted molar refractivity (Wildman–Crippen MR) is 138 cm³/mol. The standard InChI is InChI=1S/C29H32O8/c1-16-12-17-13-20(31-3)24(32-4)26(33-5)22(17)23-19(14-21-25(27(23)34-6)36-15-35-21)28(29(16,2)30)37-18-10-8-7-9-11-18/h7-11,13-14,16,28,30H,12,15H2,1-6H3/t16-,28+,29+/m1/s1. The van der Waals surface area contributed by atoms with E-state index in [0.29, 0.717) is 57.8 Å². The van der Waals surface area contributed by atoms with Gasteiger partial charge in [-0.3, -0.25) is 0 Å². The Morgan fingerprint density at radius 3 is 2.22 bits per heavy atom. The molecule has 0 saturated carbocycles. The summed E-state index contributed by atoms with van der Waals surface area (Å²) in [5.41, 5.74) is 1.72. The lowest BCUT2D eigenvalue weighted by atomic mass is 9.73. The fourth-order valence-corrected chi connectivity index (χ4v) is 5.26. The smallest absolute Gasteiger partial charge is 0.231 e. The van der Waals surface area contributed by atoms with Crippen molar-refractivity contribution < 1.29 is 38.3 Å². The third-order valence-corrected chi connectivity index (χ3v) is 7.35. The number of para-hydroxylation sites is 1. The van der Waals surface area contributed by atoms with Crippen LogP contribution < -0.4 is 33.2 Å². The third-order valence-electron chi connectivity index (χ3n) is 7.35. The fraction of sp³-hybridized carbons (Fsp3) is 0.379. The minimum Gasteiger partial charge on any atom is -0.493 e. The van der Waals surface area contributed by atoms with Crippen LogP contribution in [0.5, 0.6) is 40.2 Å². The van der Waals surface area contributed by atoms with Crippen LogP contribution in [-0.2, 0) is 6.42 Å². The quantitative estimate of drug-likeness (QED) is 0.488. The number of fused-ring (bicyclic) bond motifs is 4. The van der Waals surface area contributed by atoms with Crippen molar-refractivity contribution in [2.75, 3.05) is 35.2 Å². The molecule has 3 aromatic carbocycles. The molecule has 1 aliphatic carbocycles. The second kappa shape index (κ2) is 9.59. The SMILES string of the molecule is COc1cc2c(c(OC)c1OC)-c1c(cc3c(c1OC)OCO3)[C@H](Oc1ccccc1)[C@@](C)(O)[C@H](C)C2. The van der Waals surface area contributed by atoms with Gasteiger partial charge in [-0.25, -0.2) is 0 Å². The molecule has 8 nitrogen and oxygen atoms in total. The molecule has 1 aliphatic heterocycles. The molecular weight excluding hydrogens is 476 g/mol. The van der Waals surface area contributed by atoms with E-state index in [1.165, 1.54) is 0 Å². The van der Waals surface area contributed by atoms with Crippen LogP contribution in [0.15, 0.2) is 42.5 Å². The largest absolute Gasteiger partial charge is 0.493 e. The Kier molecular flexibility index (Phi) is 6.45. The first-order chi connectivity index (χ1) is 17.8. The zero-order valence-corrected chi connectivity index (χ0v) is 21.9. The van der Waals surface area contributed by atoms with E-state index in [1.54, 1.807) is 35.4 Å². The molecule has 1 N–H and O–H groups in total. The molecule has 0 fully saturated rings. The van der Waals surface area contributed by atoms with E-state index in [9.17, 15) is 5.11 Å². The van der Waals surface area contributed by atoms with Crippen molar-refractivity contribution in [1.82, 2.24) is 0 Å². The van der Waals surface area contributed by atoms with Crippen LogP contribution in [0.4, 0.5) is 0 Å². The molecule has 0 spiro atoms. The van der Waals surface area contributed by atoms with E-state index in [0.717, 1.165) is 11.1 Å². The highest BCUT2D eigenvalue weighted by molar-refractivity contribution is 5.89. The van der Waals surface area contributed by atoms with E-state index in [1.807, 2.05) is 49.4 Å². The van der Waals surface area contributed by atoms with Crippen LogP contribution in [0.1, 0.15) is 31.1 Å². The molecule has 37 heavy (non-hydrogen) atoms. The molecule has 2 aliphatic rings. The molecule has 0 unspecified atom stereocenters. The first kappa shape index (κ1) is 24.9. The van der Waals surface area contributed by atoms with Gasteiger partial charge in [-0.05, 0) is 49.1 Å². The zero-order valence-electron chi connectivity index (χ0n) is 21.9. The van der Waals surface area contributed by atoms with Gasteiger partial charge in [0.1, 0.15) is 11.4 Å². The summed E-state index contributed by atoms with van der Waals surface area (Å²) in [6, 6.07) is 13.2. The molecule has 8 heteroatoms. The highest BCUT2D eigenvalue weighted by atomic mass is 16.7. The van der Waals surface area contributed by atoms with Crippen molar-refractivity contribution in [3.8, 4) is 51.4 Å². The highest BCUT2D eigenvalue weighted by Crippen LogP contribution is 2.59. The van der Waals surface area contributed by atoms with Crippen molar-refractivity contribution in [2.24, 2.45) is 5.92 Å². The molecule has 1 heterocycles. The fourth-order valence-electron chi connectivity index (χ4n) is 5.26. The van der Waals surface area contributed by atoms with Gasteiger partial charge in [0.15, 0.2) is 29.1 Å². The number of hydrogen-bond acceptors (Lipinski definition) is 8. The lowest BCUT2D eigenvalue weighted by Crippen LogP contribution is -2.44. The van der Waals surface area contributed by atoms with Crippen molar-refractivity contribution in [2.45, 2.75) is 32.0 Å². The van der Waals surface area contributed by atoms with Gasteiger partial charge < -0.3 is 38.3 Å². The van der Waals surface area contributed by atoms with E-state index >= 15 is 0 Å². The van der Waals surface area contributed by atoms with Crippen LogP contribution in [0, 0.1) is 5.92 Å². The Morgan fingerprint density at radius 1 is 0.865 bits per heavy atom. The molecule has 3 aromatic rings. The van der Waals surface area contributed by atoms with Gasteiger partial charge in [0, 0.05) is 16.7 Å². The maximum Gasteiger partial charge on any atom is 0.231 e. The van der Waals surface area contributed by atoms with Gasteiger partial charge in [0.05, 0.1) is 28.4 Å². The Morgan fingerprint density at radius 2 is 1.57 bits per heavy atom. The first-order valence-electron chi connectivity index (χ1n) is 12.1. The van der Waals surface area contributed by atoms with Gasteiger partial charge in [-0.15, -0.1) is 0 Å². The summed E-state index contributed by atoms with van der Waals surface area (Å²) in [6.07, 6.45) is -0.278. The molecule has 0 amide bonds. The predicted octanol–water partition coefficient (Wildman–Crippen LogP) is 5.18. The molecule has 0 aromatic heterocycles. The average molecular weight is 509 g/mol. The van der Waals surface area contributed by atoms with Crippen molar-refractivity contribution in [3.05, 3.63) is 53.6 Å². The van der Waals surface area contributed by atoms with E-state index in [-0.39, 0.29) is 12.7 Å². The number of methoxy groups -OCH3 is 4. The Labute approximate surface area is 216 Å². The van der Waals surface area contributed by atoms with Crippen molar-refractivity contribution in [3.63, 3.8) is 0 Å². The minimum absolute atomic E-state index is 0.0571. The van der Waals surface area contributed by atoms with Gasteiger partial charge >= 0.3 is 0 Å². The van der Waals surface area contributed by atoms with Crippen molar-refractivity contribution in [1.29, 1.82) is 0 Å². The monoisotopic (exact) mass is 508 g/mol. The van der Waals surface area contributed by atoms with E-state index < -0.39 is 11.7 Å². The molecule has 196 valence electrons. The zero-order chi connectivity index (χ0) is 26.3. The molecule has 3 atom stereocenters. The number of rotatable bonds is 6. The number of ether oxygens (including phenoxy) is 7. The summed E-state index contributed by atoms with van der Waals surface area (Å²) in [5.74, 6) is 3.33. The average Bonchev–Trinajstić information content (AvgIpc) is 3.38. The molecule has 0 radical (unpaired) electrons.